The average Bonchev–Trinajstić information content (AvgIpc) is 2.89. The number of phenolic OH excluding ortho intramolecular Hbond substituents is 1. The molecular formula is C16H15N3O3. The topological polar surface area (TPSA) is 87.4 Å². The van der Waals surface area contributed by atoms with Crippen LogP contribution in [0.4, 0.5) is 11.4 Å². The summed E-state index contributed by atoms with van der Waals surface area (Å²) in [6, 6.07) is 10.4. The molecule has 22 heavy (non-hydrogen) atoms. The predicted octanol–water partition coefficient (Wildman–Crippen LogP) is 2.64. The van der Waals surface area contributed by atoms with Gasteiger partial charge >= 0.3 is 0 Å². The molecule has 0 spiro atoms. The predicted molar refractivity (Wildman–Crippen MR) is 83.3 cm³/mol. The van der Waals surface area contributed by atoms with E-state index in [1.807, 2.05) is 18.2 Å². The number of nitrogens with one attached hydrogen (secondary N) is 1. The molecule has 6 nitrogen and oxygen atoms in total. The second-order valence-corrected chi connectivity index (χ2v) is 4.97. The lowest BCUT2D eigenvalue weighted by atomic mass is 10.1. The van der Waals surface area contributed by atoms with E-state index in [0.29, 0.717) is 11.3 Å². The third kappa shape index (κ3) is 2.51. The number of aromatic nitrogens is 2. The van der Waals surface area contributed by atoms with Crippen LogP contribution in [0.15, 0.2) is 42.6 Å². The van der Waals surface area contributed by atoms with Crippen LogP contribution in [0.2, 0.25) is 0 Å². The van der Waals surface area contributed by atoms with Crippen LogP contribution in [0, 0.1) is 0 Å². The number of hydrogen-bond acceptors (Lipinski definition) is 5. The minimum Gasteiger partial charge on any atom is -0.507 e. The number of rotatable bonds is 4. The normalized spacial score (nSPS) is 10.8. The van der Waals surface area contributed by atoms with E-state index in [4.69, 9.17) is 0 Å². The third-order valence-corrected chi connectivity index (χ3v) is 3.44. The Labute approximate surface area is 126 Å². The molecule has 0 radical (unpaired) electrons. The van der Waals surface area contributed by atoms with Crippen molar-refractivity contribution in [2.75, 3.05) is 5.32 Å². The fourth-order valence-corrected chi connectivity index (χ4v) is 2.33. The number of carbonyl (C=O) groups is 1. The highest BCUT2D eigenvalue weighted by Gasteiger charge is 2.08. The molecule has 0 bridgehead atoms. The summed E-state index contributed by atoms with van der Waals surface area (Å²) in [7, 11) is 0. The molecule has 0 saturated carbocycles. The van der Waals surface area contributed by atoms with Crippen molar-refractivity contribution in [3.63, 3.8) is 0 Å². The van der Waals surface area contributed by atoms with E-state index in [-0.39, 0.29) is 18.3 Å². The van der Waals surface area contributed by atoms with Crippen LogP contribution in [0.5, 0.6) is 5.75 Å². The highest BCUT2D eigenvalue weighted by molar-refractivity contribution is 5.97. The van der Waals surface area contributed by atoms with Gasteiger partial charge in [0.25, 0.3) is 0 Å². The third-order valence-electron chi connectivity index (χ3n) is 3.44. The minimum atomic E-state index is -0.193. The van der Waals surface area contributed by atoms with Gasteiger partial charge in [0.1, 0.15) is 12.5 Å². The van der Waals surface area contributed by atoms with Gasteiger partial charge in [-0.05, 0) is 37.3 Å². The molecule has 1 heterocycles. The fourth-order valence-electron chi connectivity index (χ4n) is 2.33. The number of phenols is 1. The van der Waals surface area contributed by atoms with E-state index in [9.17, 15) is 15.0 Å². The van der Waals surface area contributed by atoms with Crippen LogP contribution in [0.3, 0.4) is 0 Å². The van der Waals surface area contributed by atoms with E-state index in [1.54, 1.807) is 18.3 Å². The number of Topliss-reactive ketones (excluding diaryl/α,β-unsaturated/α-hetero) is 1. The Hall–Kier alpha value is -2.86. The number of ketones is 1. The number of aromatic hydroxyl groups is 1. The molecule has 0 aliphatic rings. The summed E-state index contributed by atoms with van der Waals surface area (Å²) in [5, 5.41) is 27.2. The number of aliphatic hydroxyl groups excluding tert-OH is 1. The molecule has 0 unspecified atom stereocenters. The van der Waals surface area contributed by atoms with E-state index in [1.165, 1.54) is 17.7 Å². The van der Waals surface area contributed by atoms with Crippen molar-refractivity contribution < 1.29 is 15.0 Å². The number of carbonyl (C=O) groups excluding carboxylic acids is 1. The number of hydrogen-bond donors (Lipinski definition) is 3. The van der Waals surface area contributed by atoms with Crippen molar-refractivity contribution in [3.8, 4) is 5.75 Å². The summed E-state index contributed by atoms with van der Waals surface area (Å²) < 4.78 is 1.48. The van der Waals surface area contributed by atoms with Crippen LogP contribution >= 0.6 is 0 Å². The fraction of sp³-hybridized carbons (Fsp3) is 0.125. The molecule has 3 N–H and O–H groups in total. The van der Waals surface area contributed by atoms with Gasteiger partial charge in [-0.3, -0.25) is 4.79 Å². The molecule has 0 aliphatic heterocycles. The summed E-state index contributed by atoms with van der Waals surface area (Å²) in [6.45, 7) is 1.22. The Morgan fingerprint density at radius 1 is 1.23 bits per heavy atom. The second kappa shape index (κ2) is 5.50. The zero-order valence-electron chi connectivity index (χ0n) is 11.9. The zero-order chi connectivity index (χ0) is 15.7. The zero-order valence-corrected chi connectivity index (χ0v) is 11.9. The van der Waals surface area contributed by atoms with Crippen molar-refractivity contribution in [2.45, 2.75) is 13.7 Å². The molecular weight excluding hydrogens is 282 g/mol. The Kier molecular flexibility index (Phi) is 3.52. The Morgan fingerprint density at radius 2 is 1.95 bits per heavy atom. The summed E-state index contributed by atoms with van der Waals surface area (Å²) in [4.78, 5) is 11.3. The molecule has 112 valence electrons. The number of benzene rings is 2. The van der Waals surface area contributed by atoms with Gasteiger partial charge in [0, 0.05) is 22.8 Å². The van der Waals surface area contributed by atoms with E-state index in [0.717, 1.165) is 16.6 Å². The van der Waals surface area contributed by atoms with Crippen molar-refractivity contribution >= 4 is 28.1 Å². The summed E-state index contributed by atoms with van der Waals surface area (Å²) in [5.41, 5.74) is 2.55. The molecule has 0 fully saturated rings. The van der Waals surface area contributed by atoms with Crippen LogP contribution in [0.25, 0.3) is 10.9 Å². The average molecular weight is 297 g/mol. The lowest BCUT2D eigenvalue weighted by molar-refractivity contribution is 0.101. The molecule has 2 aromatic carbocycles. The first-order valence-corrected chi connectivity index (χ1v) is 6.76. The SMILES string of the molecule is CC(=O)c1ccc(Nc2ccc3cnn(CO)c3c2)cc1O. The highest BCUT2D eigenvalue weighted by Crippen LogP contribution is 2.26. The standard InChI is InChI=1S/C16H15N3O3/c1-10(21)14-5-4-13(7-16(14)22)18-12-3-2-11-8-17-19(9-20)15(11)6-12/h2-8,18,20,22H,9H2,1H3. The van der Waals surface area contributed by atoms with Gasteiger partial charge in [-0.25, -0.2) is 4.68 Å². The van der Waals surface area contributed by atoms with Crippen molar-refractivity contribution in [1.82, 2.24) is 9.78 Å². The van der Waals surface area contributed by atoms with Crippen molar-refractivity contribution in [2.24, 2.45) is 0 Å². The Bertz CT molecular complexity index is 855. The maximum Gasteiger partial charge on any atom is 0.163 e. The van der Waals surface area contributed by atoms with E-state index in [2.05, 4.69) is 10.4 Å². The first kappa shape index (κ1) is 14.1. The van der Waals surface area contributed by atoms with Gasteiger partial charge in [0.2, 0.25) is 0 Å². The number of anilines is 2. The molecule has 6 heteroatoms. The Morgan fingerprint density at radius 3 is 2.64 bits per heavy atom. The van der Waals surface area contributed by atoms with Gasteiger partial charge < -0.3 is 15.5 Å². The number of nitrogens with zero attached hydrogens (tertiary/aromatic N) is 2. The molecule has 1 aromatic heterocycles. The number of fused-ring (bicyclic) bond motifs is 1. The molecule has 0 saturated heterocycles. The first-order valence-electron chi connectivity index (χ1n) is 6.76. The van der Waals surface area contributed by atoms with Gasteiger partial charge in [-0.2, -0.15) is 5.10 Å². The van der Waals surface area contributed by atoms with Gasteiger partial charge in [-0.1, -0.05) is 0 Å². The lowest BCUT2D eigenvalue weighted by Crippen LogP contribution is -1.98. The molecule has 3 aromatic rings. The molecule has 3 rings (SSSR count). The van der Waals surface area contributed by atoms with Gasteiger partial charge in [0.15, 0.2) is 5.78 Å². The first-order chi connectivity index (χ1) is 10.6. The van der Waals surface area contributed by atoms with Crippen molar-refractivity contribution in [1.29, 1.82) is 0 Å². The van der Waals surface area contributed by atoms with Crippen LogP contribution in [-0.2, 0) is 6.73 Å². The van der Waals surface area contributed by atoms with Gasteiger partial charge in [0.05, 0.1) is 17.3 Å². The monoisotopic (exact) mass is 297 g/mol. The quantitative estimate of drug-likeness (QED) is 0.644. The van der Waals surface area contributed by atoms with Gasteiger partial charge in [-0.15, -0.1) is 0 Å². The summed E-state index contributed by atoms with van der Waals surface area (Å²) in [6.07, 6.45) is 1.68. The highest BCUT2D eigenvalue weighted by atomic mass is 16.3. The largest absolute Gasteiger partial charge is 0.507 e. The van der Waals surface area contributed by atoms with Crippen LogP contribution in [0.1, 0.15) is 17.3 Å². The maximum absolute atomic E-state index is 11.3. The van der Waals surface area contributed by atoms with Crippen molar-refractivity contribution in [3.05, 3.63) is 48.2 Å². The van der Waals surface area contributed by atoms with Crippen LogP contribution in [-0.4, -0.2) is 25.8 Å². The smallest absolute Gasteiger partial charge is 0.163 e. The molecule has 0 amide bonds. The van der Waals surface area contributed by atoms with E-state index >= 15 is 0 Å². The number of aliphatic hydroxyl groups is 1. The maximum atomic E-state index is 11.3. The Balaban J connectivity index is 1.92. The molecule has 0 atom stereocenters. The second-order valence-electron chi connectivity index (χ2n) is 4.97. The lowest BCUT2D eigenvalue weighted by Gasteiger charge is -2.09. The minimum absolute atomic E-state index is 0.0565. The molecule has 0 aliphatic carbocycles. The van der Waals surface area contributed by atoms with E-state index < -0.39 is 0 Å². The van der Waals surface area contributed by atoms with Crippen LogP contribution < -0.4 is 5.32 Å². The summed E-state index contributed by atoms with van der Waals surface area (Å²) >= 11 is 0. The summed E-state index contributed by atoms with van der Waals surface area (Å²) in [5.74, 6) is -0.240.